The van der Waals surface area contributed by atoms with Crippen LogP contribution < -0.4 is 0 Å². The summed E-state index contributed by atoms with van der Waals surface area (Å²) in [6, 6.07) is 8.84. The number of halogens is 1. The summed E-state index contributed by atoms with van der Waals surface area (Å²) in [5.41, 5.74) is 3.29. The van der Waals surface area contributed by atoms with Gasteiger partial charge in [0.25, 0.3) is 0 Å². The highest BCUT2D eigenvalue weighted by molar-refractivity contribution is 9.09. The van der Waals surface area contributed by atoms with Crippen molar-refractivity contribution in [1.82, 2.24) is 0 Å². The zero-order chi connectivity index (χ0) is 14.2. The highest BCUT2D eigenvalue weighted by atomic mass is 79.9. The van der Waals surface area contributed by atoms with Gasteiger partial charge in [-0.15, -0.1) is 0 Å². The highest BCUT2D eigenvalue weighted by Crippen LogP contribution is 2.54. The topological polar surface area (TPSA) is 9.23 Å². The summed E-state index contributed by atoms with van der Waals surface area (Å²) in [7, 11) is 0. The van der Waals surface area contributed by atoms with Gasteiger partial charge in [-0.1, -0.05) is 54.0 Å². The third-order valence-corrected chi connectivity index (χ3v) is 6.93. The third kappa shape index (κ3) is 2.25. The van der Waals surface area contributed by atoms with Crippen LogP contribution in [0.1, 0.15) is 63.2 Å². The fourth-order valence-electron chi connectivity index (χ4n) is 4.09. The molecule has 0 heterocycles. The first-order valence-corrected chi connectivity index (χ1v) is 9.00. The van der Waals surface area contributed by atoms with Crippen molar-refractivity contribution in [2.45, 2.75) is 69.4 Å². The van der Waals surface area contributed by atoms with E-state index in [1.54, 1.807) is 0 Å². The molecule has 3 atom stereocenters. The maximum atomic E-state index is 6.59. The van der Waals surface area contributed by atoms with E-state index in [1.165, 1.54) is 49.7 Å². The molecule has 20 heavy (non-hydrogen) atoms. The van der Waals surface area contributed by atoms with Crippen molar-refractivity contribution in [1.29, 1.82) is 0 Å². The van der Waals surface area contributed by atoms with Gasteiger partial charge < -0.3 is 4.74 Å². The Bertz CT molecular complexity index is 466. The average Bonchev–Trinajstić information content (AvgIpc) is 2.48. The molecule has 1 aromatic rings. The minimum absolute atomic E-state index is 0.322. The van der Waals surface area contributed by atoms with E-state index in [2.05, 4.69) is 54.0 Å². The van der Waals surface area contributed by atoms with Crippen LogP contribution in [0.15, 0.2) is 24.3 Å². The Morgan fingerprint density at radius 1 is 1.25 bits per heavy atom. The molecule has 2 heteroatoms. The summed E-state index contributed by atoms with van der Waals surface area (Å²) >= 11 is 3.86. The second kappa shape index (κ2) is 5.81. The number of hydrogen-bond donors (Lipinski definition) is 0. The number of aryl methyl sites for hydroxylation is 1. The molecule has 0 bridgehead atoms. The summed E-state index contributed by atoms with van der Waals surface area (Å²) in [5.74, 6) is 0. The lowest BCUT2D eigenvalue weighted by atomic mass is 9.62. The van der Waals surface area contributed by atoms with Crippen LogP contribution in [0.2, 0.25) is 0 Å². The average molecular weight is 337 g/mol. The quantitative estimate of drug-likeness (QED) is 0.666. The molecule has 0 saturated heterocycles. The van der Waals surface area contributed by atoms with Crippen LogP contribution in [0.3, 0.4) is 0 Å². The molecule has 0 spiro atoms. The second-order valence-corrected chi connectivity index (χ2v) is 7.45. The van der Waals surface area contributed by atoms with Crippen molar-refractivity contribution in [3.8, 4) is 0 Å². The third-order valence-electron chi connectivity index (χ3n) is 5.65. The normalized spacial score (nSPS) is 31.4. The molecule has 0 aliphatic heterocycles. The standard InChI is InChI=1S/C18H25BrO/c1-3-18(4-2)16(19)12-17(18)20-15-11-7-9-13-8-5-6-10-14(13)15/h5-6,8,10,15-17H,3-4,7,9,11-12H2,1-2H3. The molecular formula is C18H25BrO. The smallest absolute Gasteiger partial charge is 0.0831 e. The van der Waals surface area contributed by atoms with Crippen LogP contribution in [-0.2, 0) is 11.2 Å². The van der Waals surface area contributed by atoms with E-state index in [1.807, 2.05) is 0 Å². The van der Waals surface area contributed by atoms with E-state index in [0.29, 0.717) is 22.5 Å². The second-order valence-electron chi connectivity index (χ2n) is 6.35. The molecule has 1 nitrogen and oxygen atoms in total. The van der Waals surface area contributed by atoms with Crippen LogP contribution in [0.5, 0.6) is 0 Å². The van der Waals surface area contributed by atoms with Crippen LogP contribution in [0.25, 0.3) is 0 Å². The molecule has 110 valence electrons. The Hall–Kier alpha value is -0.340. The number of ether oxygens (including phenoxy) is 1. The molecular weight excluding hydrogens is 312 g/mol. The molecule has 1 aromatic carbocycles. The van der Waals surface area contributed by atoms with Gasteiger partial charge in [-0.05, 0) is 49.7 Å². The summed E-state index contributed by atoms with van der Waals surface area (Å²) in [5, 5.41) is 0. The maximum Gasteiger partial charge on any atom is 0.0831 e. The molecule has 0 radical (unpaired) electrons. The first kappa shape index (κ1) is 14.6. The van der Waals surface area contributed by atoms with Gasteiger partial charge in [0.2, 0.25) is 0 Å². The van der Waals surface area contributed by atoms with Crippen molar-refractivity contribution in [2.24, 2.45) is 5.41 Å². The number of hydrogen-bond acceptors (Lipinski definition) is 1. The van der Waals surface area contributed by atoms with Crippen molar-refractivity contribution < 1.29 is 4.74 Å². The van der Waals surface area contributed by atoms with Gasteiger partial charge in [-0.25, -0.2) is 0 Å². The summed E-state index contributed by atoms with van der Waals surface area (Å²) < 4.78 is 6.59. The van der Waals surface area contributed by atoms with Gasteiger partial charge in [-0.2, -0.15) is 0 Å². The molecule has 0 amide bonds. The van der Waals surface area contributed by atoms with Crippen LogP contribution in [-0.4, -0.2) is 10.9 Å². The van der Waals surface area contributed by atoms with Gasteiger partial charge in [0.1, 0.15) is 0 Å². The first-order valence-electron chi connectivity index (χ1n) is 8.08. The molecule has 2 aliphatic rings. The number of fused-ring (bicyclic) bond motifs is 1. The molecule has 1 saturated carbocycles. The molecule has 0 N–H and O–H groups in total. The number of benzene rings is 1. The number of alkyl halides is 1. The van der Waals surface area contributed by atoms with Crippen LogP contribution in [0.4, 0.5) is 0 Å². The molecule has 0 aromatic heterocycles. The van der Waals surface area contributed by atoms with Crippen molar-refractivity contribution in [2.75, 3.05) is 0 Å². The lowest BCUT2D eigenvalue weighted by Gasteiger charge is -2.54. The molecule has 3 unspecified atom stereocenters. The summed E-state index contributed by atoms with van der Waals surface area (Å²) in [6.45, 7) is 4.62. The Morgan fingerprint density at radius 3 is 2.70 bits per heavy atom. The maximum absolute atomic E-state index is 6.59. The highest BCUT2D eigenvalue weighted by Gasteiger charge is 2.53. The van der Waals surface area contributed by atoms with E-state index in [-0.39, 0.29) is 0 Å². The predicted molar refractivity (Wildman–Crippen MR) is 87.3 cm³/mol. The van der Waals surface area contributed by atoms with Gasteiger partial charge in [0.15, 0.2) is 0 Å². The van der Waals surface area contributed by atoms with Gasteiger partial charge in [0.05, 0.1) is 12.2 Å². The van der Waals surface area contributed by atoms with Crippen LogP contribution in [0, 0.1) is 5.41 Å². The Kier molecular flexibility index (Phi) is 4.24. The summed E-state index contributed by atoms with van der Waals surface area (Å²) in [6.07, 6.45) is 7.99. The Balaban J connectivity index is 1.77. The first-order chi connectivity index (χ1) is 9.71. The SMILES string of the molecule is CCC1(CC)C(Br)CC1OC1CCCc2ccccc21. The Morgan fingerprint density at radius 2 is 2.00 bits per heavy atom. The van der Waals surface area contributed by atoms with E-state index < -0.39 is 0 Å². The van der Waals surface area contributed by atoms with E-state index in [4.69, 9.17) is 4.74 Å². The Labute approximate surface area is 131 Å². The fraction of sp³-hybridized carbons (Fsp3) is 0.667. The van der Waals surface area contributed by atoms with Gasteiger partial charge >= 0.3 is 0 Å². The lowest BCUT2D eigenvalue weighted by molar-refractivity contribution is -0.145. The van der Waals surface area contributed by atoms with Crippen molar-refractivity contribution in [3.63, 3.8) is 0 Å². The molecule has 1 fully saturated rings. The minimum Gasteiger partial charge on any atom is -0.370 e. The minimum atomic E-state index is 0.322. The predicted octanol–water partition coefficient (Wildman–Crippen LogP) is 5.42. The van der Waals surface area contributed by atoms with E-state index in [0.717, 1.165) is 0 Å². The van der Waals surface area contributed by atoms with E-state index in [9.17, 15) is 0 Å². The molecule has 3 rings (SSSR count). The zero-order valence-corrected chi connectivity index (χ0v) is 14.2. The van der Waals surface area contributed by atoms with Crippen LogP contribution >= 0.6 is 15.9 Å². The monoisotopic (exact) mass is 336 g/mol. The van der Waals surface area contributed by atoms with Gasteiger partial charge in [-0.3, -0.25) is 0 Å². The lowest BCUT2D eigenvalue weighted by Crippen LogP contribution is -2.55. The van der Waals surface area contributed by atoms with E-state index >= 15 is 0 Å². The summed E-state index contributed by atoms with van der Waals surface area (Å²) in [4.78, 5) is 0.633. The fourth-order valence-corrected chi connectivity index (χ4v) is 5.37. The van der Waals surface area contributed by atoms with Gasteiger partial charge in [0, 0.05) is 10.2 Å². The van der Waals surface area contributed by atoms with Crippen molar-refractivity contribution in [3.05, 3.63) is 35.4 Å². The zero-order valence-electron chi connectivity index (χ0n) is 12.6. The number of rotatable bonds is 4. The largest absolute Gasteiger partial charge is 0.370 e. The molecule has 2 aliphatic carbocycles. The van der Waals surface area contributed by atoms with Crippen molar-refractivity contribution >= 4 is 15.9 Å².